The lowest BCUT2D eigenvalue weighted by Gasteiger charge is -2.12. The molecule has 0 radical (unpaired) electrons. The Hall–Kier alpha value is -3.75. The van der Waals surface area contributed by atoms with Gasteiger partial charge in [-0.05, 0) is 46.5 Å². The molecule has 0 saturated heterocycles. The summed E-state index contributed by atoms with van der Waals surface area (Å²) in [7, 11) is 0. The average molecular weight is 322 g/mol. The molecule has 118 valence electrons. The molecule has 0 bridgehead atoms. The molecule has 1 N–H and O–H groups in total. The highest BCUT2D eigenvalue weighted by Crippen LogP contribution is 2.32. The standard InChI is InChI=1S/C23H14O2/c1-3-16-8-12-18(13-9-16)20-6-5-7-21(22(20)23(24)25)19-14-10-17(4-2)11-15-19/h1-2,5-15H,(H,24,25). The van der Waals surface area contributed by atoms with E-state index >= 15 is 0 Å². The number of hydrogen-bond acceptors (Lipinski definition) is 1. The van der Waals surface area contributed by atoms with Gasteiger partial charge in [0.15, 0.2) is 0 Å². The molecule has 3 aromatic carbocycles. The molecule has 3 aromatic rings. The van der Waals surface area contributed by atoms with Crippen molar-refractivity contribution >= 4 is 5.97 Å². The van der Waals surface area contributed by atoms with Crippen molar-refractivity contribution in [3.63, 3.8) is 0 Å². The molecule has 0 saturated carbocycles. The van der Waals surface area contributed by atoms with Crippen LogP contribution < -0.4 is 0 Å². The maximum absolute atomic E-state index is 12.0. The van der Waals surface area contributed by atoms with Crippen LogP contribution in [-0.4, -0.2) is 11.1 Å². The van der Waals surface area contributed by atoms with Gasteiger partial charge in [0.05, 0.1) is 5.56 Å². The van der Waals surface area contributed by atoms with Crippen LogP contribution in [0.1, 0.15) is 21.5 Å². The maximum Gasteiger partial charge on any atom is 0.336 e. The number of carbonyl (C=O) groups is 1. The average Bonchev–Trinajstić information content (AvgIpc) is 2.67. The molecule has 0 aliphatic carbocycles. The SMILES string of the molecule is C#Cc1ccc(-c2cccc(-c3ccc(C#C)cc3)c2C(=O)O)cc1. The Morgan fingerprint density at radius 3 is 1.44 bits per heavy atom. The Morgan fingerprint density at radius 2 is 1.12 bits per heavy atom. The monoisotopic (exact) mass is 322 g/mol. The molecule has 0 unspecified atom stereocenters. The first-order valence-electron chi connectivity index (χ1n) is 7.64. The molecule has 2 heteroatoms. The van der Waals surface area contributed by atoms with E-state index in [2.05, 4.69) is 11.8 Å². The molecular weight excluding hydrogens is 308 g/mol. The Balaban J connectivity index is 2.18. The molecule has 0 amide bonds. The predicted octanol–water partition coefficient (Wildman–Crippen LogP) is 4.68. The van der Waals surface area contributed by atoms with Crippen molar-refractivity contribution in [2.45, 2.75) is 0 Å². The van der Waals surface area contributed by atoms with E-state index in [-0.39, 0.29) is 5.56 Å². The van der Waals surface area contributed by atoms with Crippen LogP contribution in [0.5, 0.6) is 0 Å². The summed E-state index contributed by atoms with van der Waals surface area (Å²) >= 11 is 0. The maximum atomic E-state index is 12.0. The first-order valence-corrected chi connectivity index (χ1v) is 7.64. The van der Waals surface area contributed by atoms with Crippen LogP contribution in [0, 0.1) is 24.7 Å². The van der Waals surface area contributed by atoms with E-state index in [1.807, 2.05) is 30.3 Å². The minimum Gasteiger partial charge on any atom is -0.478 e. The van der Waals surface area contributed by atoms with Gasteiger partial charge in [-0.15, -0.1) is 12.8 Å². The van der Waals surface area contributed by atoms with Gasteiger partial charge < -0.3 is 5.11 Å². The first kappa shape index (κ1) is 16.1. The summed E-state index contributed by atoms with van der Waals surface area (Å²) in [5, 5.41) is 9.81. The lowest BCUT2D eigenvalue weighted by atomic mass is 9.91. The van der Waals surface area contributed by atoms with Gasteiger partial charge in [-0.25, -0.2) is 4.79 Å². The summed E-state index contributed by atoms with van der Waals surface area (Å²) in [5.41, 5.74) is 4.66. The van der Waals surface area contributed by atoms with E-state index < -0.39 is 5.97 Å². The normalized spacial score (nSPS) is 9.84. The van der Waals surface area contributed by atoms with Crippen LogP contribution in [0.3, 0.4) is 0 Å². The number of rotatable bonds is 3. The van der Waals surface area contributed by atoms with Crippen molar-refractivity contribution < 1.29 is 9.90 Å². The molecule has 25 heavy (non-hydrogen) atoms. The van der Waals surface area contributed by atoms with Gasteiger partial charge >= 0.3 is 5.97 Å². The molecule has 0 fully saturated rings. The molecule has 3 rings (SSSR count). The lowest BCUT2D eigenvalue weighted by Crippen LogP contribution is -2.03. The highest BCUT2D eigenvalue weighted by atomic mass is 16.4. The van der Waals surface area contributed by atoms with E-state index in [0.717, 1.165) is 22.3 Å². The predicted molar refractivity (Wildman–Crippen MR) is 100 cm³/mol. The van der Waals surface area contributed by atoms with Crippen LogP contribution in [0.4, 0.5) is 0 Å². The van der Waals surface area contributed by atoms with Crippen LogP contribution in [0.15, 0.2) is 66.7 Å². The van der Waals surface area contributed by atoms with Crippen molar-refractivity contribution in [3.05, 3.63) is 83.4 Å². The van der Waals surface area contributed by atoms with Crippen molar-refractivity contribution in [3.8, 4) is 46.9 Å². The largest absolute Gasteiger partial charge is 0.478 e. The van der Waals surface area contributed by atoms with Crippen LogP contribution in [-0.2, 0) is 0 Å². The fourth-order valence-corrected chi connectivity index (χ4v) is 2.76. The summed E-state index contributed by atoms with van der Waals surface area (Å²) < 4.78 is 0. The van der Waals surface area contributed by atoms with Gasteiger partial charge in [0.2, 0.25) is 0 Å². The second kappa shape index (κ2) is 6.79. The highest BCUT2D eigenvalue weighted by Gasteiger charge is 2.17. The van der Waals surface area contributed by atoms with E-state index in [1.165, 1.54) is 0 Å². The number of terminal acetylenes is 2. The van der Waals surface area contributed by atoms with E-state index in [9.17, 15) is 9.90 Å². The zero-order valence-electron chi connectivity index (χ0n) is 13.4. The first-order chi connectivity index (χ1) is 12.1. The van der Waals surface area contributed by atoms with Gasteiger partial charge in [0.1, 0.15) is 0 Å². The third kappa shape index (κ3) is 3.15. The molecule has 0 spiro atoms. The zero-order chi connectivity index (χ0) is 17.8. The van der Waals surface area contributed by atoms with Gasteiger partial charge in [0, 0.05) is 11.1 Å². The molecule has 0 heterocycles. The smallest absolute Gasteiger partial charge is 0.336 e. The molecule has 0 atom stereocenters. The number of aromatic carboxylic acids is 1. The summed E-state index contributed by atoms with van der Waals surface area (Å²) in [6.07, 6.45) is 10.8. The summed E-state index contributed by atoms with van der Waals surface area (Å²) in [4.78, 5) is 12.0. The van der Waals surface area contributed by atoms with Gasteiger partial charge in [-0.1, -0.05) is 54.3 Å². The van der Waals surface area contributed by atoms with Crippen LogP contribution in [0.2, 0.25) is 0 Å². The topological polar surface area (TPSA) is 37.3 Å². The molecule has 0 aliphatic heterocycles. The van der Waals surface area contributed by atoms with Crippen molar-refractivity contribution in [1.29, 1.82) is 0 Å². The Bertz CT molecular complexity index is 936. The van der Waals surface area contributed by atoms with Crippen molar-refractivity contribution in [2.75, 3.05) is 0 Å². The highest BCUT2D eigenvalue weighted by molar-refractivity contribution is 6.03. The second-order valence-electron chi connectivity index (χ2n) is 5.48. The van der Waals surface area contributed by atoms with E-state index in [1.54, 1.807) is 36.4 Å². The Kier molecular flexibility index (Phi) is 4.38. The summed E-state index contributed by atoms with van der Waals surface area (Å²) in [6, 6.07) is 20.0. The van der Waals surface area contributed by atoms with Crippen LogP contribution in [0.25, 0.3) is 22.3 Å². The minimum atomic E-state index is -0.979. The zero-order valence-corrected chi connectivity index (χ0v) is 13.4. The minimum absolute atomic E-state index is 0.254. The quantitative estimate of drug-likeness (QED) is 0.711. The Labute approximate surface area is 146 Å². The second-order valence-corrected chi connectivity index (χ2v) is 5.48. The van der Waals surface area contributed by atoms with Gasteiger partial charge in [-0.2, -0.15) is 0 Å². The van der Waals surface area contributed by atoms with Crippen molar-refractivity contribution in [1.82, 2.24) is 0 Å². The molecular formula is C23H14O2. The third-order valence-electron chi connectivity index (χ3n) is 4.00. The summed E-state index contributed by atoms with van der Waals surface area (Å²) in [6.45, 7) is 0. The lowest BCUT2D eigenvalue weighted by molar-refractivity contribution is 0.0698. The number of hydrogen-bond donors (Lipinski definition) is 1. The fourth-order valence-electron chi connectivity index (χ4n) is 2.76. The third-order valence-corrected chi connectivity index (χ3v) is 4.00. The van der Waals surface area contributed by atoms with E-state index in [0.29, 0.717) is 11.1 Å². The Morgan fingerprint density at radius 1 is 0.720 bits per heavy atom. The number of carboxylic acids is 1. The van der Waals surface area contributed by atoms with E-state index in [4.69, 9.17) is 12.8 Å². The molecule has 0 aromatic heterocycles. The van der Waals surface area contributed by atoms with Gasteiger partial charge in [0.25, 0.3) is 0 Å². The van der Waals surface area contributed by atoms with Gasteiger partial charge in [-0.3, -0.25) is 0 Å². The molecule has 0 aliphatic rings. The fraction of sp³-hybridized carbons (Fsp3) is 0. The summed E-state index contributed by atoms with van der Waals surface area (Å²) in [5.74, 6) is 4.14. The van der Waals surface area contributed by atoms with Crippen LogP contribution >= 0.6 is 0 Å². The number of benzene rings is 3. The van der Waals surface area contributed by atoms with Crippen molar-refractivity contribution in [2.24, 2.45) is 0 Å². The number of carboxylic acid groups (broad SMARTS) is 1. The molecule has 2 nitrogen and oxygen atoms in total.